The Labute approximate surface area is 314 Å². The summed E-state index contributed by atoms with van der Waals surface area (Å²) < 4.78 is 8.92. The van der Waals surface area contributed by atoms with E-state index in [2.05, 4.69) is 173 Å². The van der Waals surface area contributed by atoms with E-state index in [0.29, 0.717) is 0 Å². The SMILES string of the molecule is C=C/C=C\c1sc2ccccc2c1Cc1ccc2c(c1)sc1ccc(-n3c4ccccc4c4ccc5c6ccccc6n(-c6ccccc6)c5c43)cc12. The molecule has 53 heavy (non-hydrogen) atoms. The molecule has 2 nitrogen and oxygen atoms in total. The minimum atomic E-state index is 0.892. The number of benzene rings is 7. The second kappa shape index (κ2) is 11.9. The van der Waals surface area contributed by atoms with Gasteiger partial charge in [-0.15, -0.1) is 22.7 Å². The molecule has 4 aromatic heterocycles. The molecule has 4 heteroatoms. The van der Waals surface area contributed by atoms with Gasteiger partial charge in [0, 0.05) is 62.7 Å². The Kier molecular flexibility index (Phi) is 6.85. The molecule has 7 aromatic carbocycles. The van der Waals surface area contributed by atoms with Crippen LogP contribution in [0.15, 0.2) is 170 Å². The summed E-state index contributed by atoms with van der Waals surface area (Å²) in [7, 11) is 0. The molecule has 0 bridgehead atoms. The highest BCUT2D eigenvalue weighted by molar-refractivity contribution is 7.25. The highest BCUT2D eigenvalue weighted by atomic mass is 32.1. The lowest BCUT2D eigenvalue weighted by Crippen LogP contribution is -1.98. The van der Waals surface area contributed by atoms with Gasteiger partial charge in [-0.2, -0.15) is 0 Å². The Hall–Kier alpha value is -6.20. The van der Waals surface area contributed by atoms with Crippen molar-refractivity contribution in [2.75, 3.05) is 0 Å². The standard InChI is InChI=1S/C49H32N2S2/c1-2-3-20-45-40(36-17-9-12-21-44(36)52-45)28-31-22-24-37-41-30-33(23-27-46(41)53-47(37)29-31)51-43-19-11-8-16-35(43)39-26-25-38-34-15-7-10-18-42(34)50(48(38)49(39)51)32-13-5-4-6-14-32/h2-27,29-30H,1,28H2/b20-3-. The molecule has 250 valence electrons. The Morgan fingerprint density at radius 1 is 0.472 bits per heavy atom. The maximum atomic E-state index is 3.91. The molecule has 0 amide bonds. The van der Waals surface area contributed by atoms with Gasteiger partial charge >= 0.3 is 0 Å². The van der Waals surface area contributed by atoms with Crippen LogP contribution in [-0.2, 0) is 6.42 Å². The van der Waals surface area contributed by atoms with Crippen molar-refractivity contribution in [3.05, 3.63) is 186 Å². The summed E-state index contributed by atoms with van der Waals surface area (Å²) >= 11 is 3.75. The molecule has 0 N–H and O–H groups in total. The largest absolute Gasteiger partial charge is 0.307 e. The Balaban J connectivity index is 1.12. The quantitative estimate of drug-likeness (QED) is 0.152. The van der Waals surface area contributed by atoms with E-state index in [1.807, 2.05) is 34.8 Å². The normalized spacial score (nSPS) is 12.2. The predicted octanol–water partition coefficient (Wildman–Crippen LogP) is 14.3. The van der Waals surface area contributed by atoms with Gasteiger partial charge in [0.15, 0.2) is 0 Å². The number of hydrogen-bond acceptors (Lipinski definition) is 2. The molecule has 0 fully saturated rings. The molecule has 0 aliphatic rings. The van der Waals surface area contributed by atoms with Crippen molar-refractivity contribution in [2.24, 2.45) is 0 Å². The Morgan fingerprint density at radius 3 is 1.83 bits per heavy atom. The molecule has 0 spiro atoms. The van der Waals surface area contributed by atoms with Crippen LogP contribution in [0.3, 0.4) is 0 Å². The molecule has 0 atom stereocenters. The first-order valence-electron chi connectivity index (χ1n) is 18.0. The average molecular weight is 713 g/mol. The number of allylic oxidation sites excluding steroid dienone is 2. The number of para-hydroxylation sites is 3. The molecule has 0 saturated carbocycles. The number of hydrogen-bond donors (Lipinski definition) is 0. The van der Waals surface area contributed by atoms with Crippen LogP contribution >= 0.6 is 22.7 Å². The van der Waals surface area contributed by atoms with Gasteiger partial charge in [0.2, 0.25) is 0 Å². The summed E-state index contributed by atoms with van der Waals surface area (Å²) in [5.74, 6) is 0. The molecule has 0 radical (unpaired) electrons. The van der Waals surface area contributed by atoms with Gasteiger partial charge in [-0.1, -0.05) is 116 Å². The second-order valence-electron chi connectivity index (χ2n) is 13.7. The van der Waals surface area contributed by atoms with Crippen LogP contribution in [0.4, 0.5) is 0 Å². The van der Waals surface area contributed by atoms with Gasteiger partial charge in [-0.25, -0.2) is 0 Å². The number of rotatable bonds is 6. The van der Waals surface area contributed by atoms with E-state index in [0.717, 1.165) is 12.1 Å². The summed E-state index contributed by atoms with van der Waals surface area (Å²) in [6, 6.07) is 56.0. The van der Waals surface area contributed by atoms with Crippen LogP contribution < -0.4 is 0 Å². The zero-order chi connectivity index (χ0) is 35.0. The maximum Gasteiger partial charge on any atom is 0.0788 e. The summed E-state index contributed by atoms with van der Waals surface area (Å²) in [6.45, 7) is 3.91. The summed E-state index contributed by atoms with van der Waals surface area (Å²) in [6.07, 6.45) is 7.00. The van der Waals surface area contributed by atoms with Crippen molar-refractivity contribution in [2.45, 2.75) is 6.42 Å². The van der Waals surface area contributed by atoms with Crippen molar-refractivity contribution in [3.63, 3.8) is 0 Å². The van der Waals surface area contributed by atoms with Crippen LogP contribution in [0.25, 0.3) is 91.3 Å². The third kappa shape index (κ3) is 4.63. The molecule has 0 aliphatic carbocycles. The van der Waals surface area contributed by atoms with E-state index in [4.69, 9.17) is 0 Å². The number of thiophene rings is 2. The highest BCUT2D eigenvalue weighted by Gasteiger charge is 2.21. The minimum Gasteiger partial charge on any atom is -0.307 e. The average Bonchev–Trinajstić information content (AvgIpc) is 3.94. The van der Waals surface area contributed by atoms with Crippen LogP contribution in [0, 0.1) is 0 Å². The van der Waals surface area contributed by atoms with Gasteiger partial charge < -0.3 is 9.13 Å². The predicted molar refractivity (Wildman–Crippen MR) is 232 cm³/mol. The molecular weight excluding hydrogens is 681 g/mol. The molecule has 11 aromatic rings. The third-order valence-corrected chi connectivity index (χ3v) is 13.1. The monoisotopic (exact) mass is 712 g/mol. The number of aromatic nitrogens is 2. The first-order chi connectivity index (χ1) is 26.2. The van der Waals surface area contributed by atoms with E-state index in [1.165, 1.54) is 95.6 Å². The lowest BCUT2D eigenvalue weighted by Gasteiger charge is -2.12. The molecule has 4 heterocycles. The Bertz CT molecular complexity index is 3270. The van der Waals surface area contributed by atoms with Gasteiger partial charge in [0.1, 0.15) is 0 Å². The second-order valence-corrected chi connectivity index (χ2v) is 15.9. The van der Waals surface area contributed by atoms with Crippen molar-refractivity contribution in [3.8, 4) is 11.4 Å². The lowest BCUT2D eigenvalue weighted by molar-refractivity contribution is 1.15. The van der Waals surface area contributed by atoms with E-state index in [1.54, 1.807) is 0 Å². The molecule has 0 aliphatic heterocycles. The minimum absolute atomic E-state index is 0.892. The zero-order valence-corrected chi connectivity index (χ0v) is 30.4. The highest BCUT2D eigenvalue weighted by Crippen LogP contribution is 2.43. The van der Waals surface area contributed by atoms with Gasteiger partial charge in [0.25, 0.3) is 0 Å². The zero-order valence-electron chi connectivity index (χ0n) is 28.8. The fourth-order valence-electron chi connectivity index (χ4n) is 8.47. The van der Waals surface area contributed by atoms with Crippen molar-refractivity contribution in [1.82, 2.24) is 9.13 Å². The summed E-state index contributed by atoms with van der Waals surface area (Å²) in [5, 5.41) is 8.99. The van der Waals surface area contributed by atoms with E-state index >= 15 is 0 Å². The van der Waals surface area contributed by atoms with Crippen molar-refractivity contribution in [1.29, 1.82) is 0 Å². The van der Waals surface area contributed by atoms with Crippen LogP contribution in [0.2, 0.25) is 0 Å². The molecule has 0 unspecified atom stereocenters. The molecule has 0 saturated heterocycles. The van der Waals surface area contributed by atoms with Gasteiger partial charge in [0.05, 0.1) is 22.1 Å². The molecule has 11 rings (SSSR count). The Morgan fingerprint density at radius 2 is 1.09 bits per heavy atom. The van der Waals surface area contributed by atoms with Crippen molar-refractivity contribution < 1.29 is 0 Å². The first-order valence-corrected chi connectivity index (χ1v) is 19.6. The van der Waals surface area contributed by atoms with Crippen LogP contribution in [0.1, 0.15) is 16.0 Å². The van der Waals surface area contributed by atoms with E-state index in [-0.39, 0.29) is 0 Å². The fraction of sp³-hybridized carbons (Fsp3) is 0.0204. The summed E-state index contributed by atoms with van der Waals surface area (Å²) in [5.41, 5.74) is 9.95. The van der Waals surface area contributed by atoms with E-state index in [9.17, 15) is 0 Å². The van der Waals surface area contributed by atoms with Crippen molar-refractivity contribution >= 4 is 103 Å². The fourth-order valence-corrected chi connectivity index (χ4v) is 10.8. The topological polar surface area (TPSA) is 9.86 Å². The van der Waals surface area contributed by atoms with E-state index < -0.39 is 0 Å². The number of nitrogens with zero attached hydrogens (tertiary/aromatic N) is 2. The van der Waals surface area contributed by atoms with Crippen LogP contribution in [-0.4, -0.2) is 9.13 Å². The molecular formula is C49H32N2S2. The van der Waals surface area contributed by atoms with Gasteiger partial charge in [-0.3, -0.25) is 0 Å². The van der Waals surface area contributed by atoms with Crippen LogP contribution in [0.5, 0.6) is 0 Å². The van der Waals surface area contributed by atoms with Gasteiger partial charge in [-0.05, 0) is 83.6 Å². The number of fused-ring (bicyclic) bond motifs is 11. The maximum absolute atomic E-state index is 3.91. The first kappa shape index (κ1) is 30.4. The summed E-state index contributed by atoms with van der Waals surface area (Å²) in [4.78, 5) is 1.30. The third-order valence-electron chi connectivity index (χ3n) is 10.8. The smallest absolute Gasteiger partial charge is 0.0788 e. The lowest BCUT2D eigenvalue weighted by atomic mass is 10.0.